The number of carbonyl (C=O) groups is 1. The fraction of sp³-hybridized carbons (Fsp3) is 0.188. The number of amides is 1. The van der Waals surface area contributed by atoms with Gasteiger partial charge < -0.3 is 20.0 Å². The molecule has 6 rings (SSSR count). The number of benzene rings is 2. The molecule has 2 aromatic carbocycles. The molecule has 3 aromatic heterocycles. The molecular weight excluding hydrogens is 516 g/mol. The number of furan rings is 1. The van der Waals surface area contributed by atoms with Crippen LogP contribution in [0.1, 0.15) is 38.5 Å². The van der Waals surface area contributed by atoms with Crippen molar-refractivity contribution in [2.24, 2.45) is 0 Å². The Morgan fingerprint density at radius 2 is 1.80 bits per heavy atom. The van der Waals surface area contributed by atoms with E-state index in [2.05, 4.69) is 20.5 Å². The first-order valence-electron chi connectivity index (χ1n) is 13.5. The number of rotatable bonds is 7. The van der Waals surface area contributed by atoms with E-state index < -0.39 is 0 Å². The molecule has 0 spiro atoms. The van der Waals surface area contributed by atoms with Crippen molar-refractivity contribution in [1.29, 1.82) is 0 Å². The van der Waals surface area contributed by atoms with Crippen LogP contribution in [-0.4, -0.2) is 27.0 Å². The smallest absolute Gasteiger partial charge is 0.278 e. The maximum atomic E-state index is 13.7. The molecule has 41 heavy (non-hydrogen) atoms. The van der Waals surface area contributed by atoms with Crippen molar-refractivity contribution >= 4 is 23.2 Å². The third-order valence-corrected chi connectivity index (χ3v) is 7.33. The number of anilines is 3. The highest BCUT2D eigenvalue weighted by Gasteiger charge is 2.23. The lowest BCUT2D eigenvalue weighted by Crippen LogP contribution is -2.37. The van der Waals surface area contributed by atoms with E-state index in [1.54, 1.807) is 41.3 Å². The maximum absolute atomic E-state index is 13.7. The van der Waals surface area contributed by atoms with Crippen LogP contribution in [0.3, 0.4) is 0 Å². The standard InChI is InChI=1S/C32H30N6O3/c1-21-14-17-41-28(21)19-33-30(39)23-8-10-26(11-9-23)38-16-12-22(2)29(31(38)40)37-15-13-27-24(20-37)18-34-32(36-27)35-25-6-4-3-5-7-25/h3-12,14,16-18H,13,15,19-20H2,1-2H3,(H,33,39)(H,34,35,36). The summed E-state index contributed by atoms with van der Waals surface area (Å²) < 4.78 is 7.01. The molecule has 4 heterocycles. The minimum Gasteiger partial charge on any atom is -0.467 e. The van der Waals surface area contributed by atoms with Gasteiger partial charge in [0.05, 0.1) is 18.5 Å². The first kappa shape index (κ1) is 26.1. The maximum Gasteiger partial charge on any atom is 0.278 e. The molecule has 1 aliphatic rings. The summed E-state index contributed by atoms with van der Waals surface area (Å²) in [6.07, 6.45) is 5.93. The third kappa shape index (κ3) is 5.47. The summed E-state index contributed by atoms with van der Waals surface area (Å²) in [5.74, 6) is 1.08. The van der Waals surface area contributed by atoms with Crippen LogP contribution in [0.5, 0.6) is 0 Å². The van der Waals surface area contributed by atoms with Crippen LogP contribution in [-0.2, 0) is 19.5 Å². The van der Waals surface area contributed by atoms with Gasteiger partial charge in [-0.05, 0) is 73.5 Å². The van der Waals surface area contributed by atoms with Gasteiger partial charge in [0.1, 0.15) is 11.4 Å². The van der Waals surface area contributed by atoms with E-state index in [0.29, 0.717) is 48.9 Å². The monoisotopic (exact) mass is 546 g/mol. The Labute approximate surface area is 237 Å². The van der Waals surface area contributed by atoms with Crippen molar-refractivity contribution in [2.75, 3.05) is 16.8 Å². The molecule has 0 unspecified atom stereocenters. The second-order valence-corrected chi connectivity index (χ2v) is 10.1. The summed E-state index contributed by atoms with van der Waals surface area (Å²) in [5.41, 5.74) is 6.56. The lowest BCUT2D eigenvalue weighted by Gasteiger charge is -2.31. The summed E-state index contributed by atoms with van der Waals surface area (Å²) in [6.45, 7) is 5.42. The van der Waals surface area contributed by atoms with Crippen molar-refractivity contribution in [3.63, 3.8) is 0 Å². The number of hydrogen-bond donors (Lipinski definition) is 2. The SMILES string of the molecule is Cc1ccoc1CNC(=O)c1ccc(-n2ccc(C)c(N3CCc4nc(Nc5ccccc5)ncc4C3)c2=O)cc1. The molecule has 5 aromatic rings. The van der Waals surface area contributed by atoms with E-state index in [1.165, 1.54) is 0 Å². The summed E-state index contributed by atoms with van der Waals surface area (Å²) >= 11 is 0. The molecule has 1 amide bonds. The van der Waals surface area contributed by atoms with Crippen LogP contribution >= 0.6 is 0 Å². The molecule has 0 bridgehead atoms. The van der Waals surface area contributed by atoms with Gasteiger partial charge in [-0.25, -0.2) is 9.97 Å². The molecule has 0 saturated heterocycles. The molecule has 1 aliphatic heterocycles. The highest BCUT2D eigenvalue weighted by atomic mass is 16.3. The number of aryl methyl sites for hydroxylation is 2. The zero-order valence-electron chi connectivity index (χ0n) is 22.9. The Morgan fingerprint density at radius 1 is 1.00 bits per heavy atom. The van der Waals surface area contributed by atoms with Crippen LogP contribution in [0.4, 0.5) is 17.3 Å². The lowest BCUT2D eigenvalue weighted by atomic mass is 10.1. The number of aromatic nitrogens is 3. The summed E-state index contributed by atoms with van der Waals surface area (Å²) in [5, 5.41) is 6.12. The van der Waals surface area contributed by atoms with Gasteiger partial charge in [-0.2, -0.15) is 0 Å². The number of pyridine rings is 1. The molecule has 0 atom stereocenters. The van der Waals surface area contributed by atoms with Gasteiger partial charge in [-0.1, -0.05) is 18.2 Å². The van der Waals surface area contributed by atoms with E-state index in [-0.39, 0.29) is 11.5 Å². The minimum absolute atomic E-state index is 0.109. The predicted molar refractivity (Wildman–Crippen MR) is 158 cm³/mol. The summed E-state index contributed by atoms with van der Waals surface area (Å²) in [6, 6.07) is 20.7. The highest BCUT2D eigenvalue weighted by molar-refractivity contribution is 5.94. The van der Waals surface area contributed by atoms with E-state index in [4.69, 9.17) is 9.40 Å². The first-order chi connectivity index (χ1) is 20.0. The highest BCUT2D eigenvalue weighted by Crippen LogP contribution is 2.25. The number of hydrogen-bond acceptors (Lipinski definition) is 7. The molecule has 9 heteroatoms. The van der Waals surface area contributed by atoms with Gasteiger partial charge in [0.25, 0.3) is 11.5 Å². The van der Waals surface area contributed by atoms with Crippen LogP contribution in [0.2, 0.25) is 0 Å². The Hall–Kier alpha value is -5.18. The Bertz CT molecular complexity index is 1760. The number of para-hydroxylation sites is 1. The quantitative estimate of drug-likeness (QED) is 0.294. The van der Waals surface area contributed by atoms with E-state index >= 15 is 0 Å². The van der Waals surface area contributed by atoms with Gasteiger partial charge in [0.2, 0.25) is 5.95 Å². The zero-order chi connectivity index (χ0) is 28.3. The normalized spacial score (nSPS) is 12.6. The van der Waals surface area contributed by atoms with Crippen molar-refractivity contribution < 1.29 is 9.21 Å². The average molecular weight is 547 g/mol. The predicted octanol–water partition coefficient (Wildman–Crippen LogP) is 5.07. The second-order valence-electron chi connectivity index (χ2n) is 10.1. The van der Waals surface area contributed by atoms with Crippen molar-refractivity contribution in [2.45, 2.75) is 33.4 Å². The van der Waals surface area contributed by atoms with Gasteiger partial charge in [-0.3, -0.25) is 14.2 Å². The van der Waals surface area contributed by atoms with E-state index in [0.717, 1.165) is 33.8 Å². The van der Waals surface area contributed by atoms with Gasteiger partial charge in [0.15, 0.2) is 0 Å². The zero-order valence-corrected chi connectivity index (χ0v) is 22.9. The average Bonchev–Trinajstić information content (AvgIpc) is 3.41. The van der Waals surface area contributed by atoms with Crippen molar-refractivity contribution in [3.8, 4) is 5.69 Å². The first-order valence-corrected chi connectivity index (χ1v) is 13.5. The van der Waals surface area contributed by atoms with Crippen LogP contribution in [0, 0.1) is 13.8 Å². The number of nitrogens with one attached hydrogen (secondary N) is 2. The topological polar surface area (TPSA) is 105 Å². The van der Waals surface area contributed by atoms with Crippen LogP contribution < -0.4 is 21.1 Å². The second kappa shape index (κ2) is 11.1. The largest absolute Gasteiger partial charge is 0.467 e. The summed E-state index contributed by atoms with van der Waals surface area (Å²) in [4.78, 5) is 37.7. The van der Waals surface area contributed by atoms with E-state index in [9.17, 15) is 9.59 Å². The molecule has 206 valence electrons. The molecular formula is C32H30N6O3. The molecule has 2 N–H and O–H groups in total. The summed E-state index contributed by atoms with van der Waals surface area (Å²) in [7, 11) is 0. The van der Waals surface area contributed by atoms with Crippen LogP contribution in [0.15, 0.2) is 94.6 Å². The lowest BCUT2D eigenvalue weighted by molar-refractivity contribution is 0.0948. The fourth-order valence-corrected chi connectivity index (χ4v) is 5.04. The fourth-order valence-electron chi connectivity index (χ4n) is 5.04. The Kier molecular flexibility index (Phi) is 7.08. The molecule has 0 fully saturated rings. The number of carbonyl (C=O) groups excluding carboxylic acids is 1. The van der Waals surface area contributed by atoms with Gasteiger partial charge >= 0.3 is 0 Å². The molecule has 0 aliphatic carbocycles. The number of nitrogens with zero attached hydrogens (tertiary/aromatic N) is 4. The molecule has 0 radical (unpaired) electrons. The van der Waals surface area contributed by atoms with Gasteiger partial charge in [0, 0.05) is 54.4 Å². The minimum atomic E-state index is -0.208. The third-order valence-electron chi connectivity index (χ3n) is 7.33. The number of fused-ring (bicyclic) bond motifs is 1. The van der Waals surface area contributed by atoms with Crippen molar-refractivity contribution in [3.05, 3.63) is 129 Å². The van der Waals surface area contributed by atoms with Crippen molar-refractivity contribution in [1.82, 2.24) is 19.9 Å². The van der Waals surface area contributed by atoms with E-state index in [1.807, 2.05) is 62.5 Å². The molecule has 0 saturated carbocycles. The Morgan fingerprint density at radius 3 is 2.56 bits per heavy atom. The molecule has 9 nitrogen and oxygen atoms in total. The van der Waals surface area contributed by atoms with Crippen LogP contribution in [0.25, 0.3) is 5.69 Å². The Balaban J connectivity index is 1.18. The van der Waals surface area contributed by atoms with Gasteiger partial charge in [-0.15, -0.1) is 0 Å².